The lowest BCUT2D eigenvalue weighted by Crippen LogP contribution is -2.37. The van der Waals surface area contributed by atoms with Gasteiger partial charge in [-0.05, 0) is 24.1 Å². The number of hydrogen-bond acceptors (Lipinski definition) is 7. The summed E-state index contributed by atoms with van der Waals surface area (Å²) < 4.78 is 21.5. The van der Waals surface area contributed by atoms with Gasteiger partial charge in [0, 0.05) is 33.8 Å². The van der Waals surface area contributed by atoms with E-state index in [1.54, 1.807) is 26.4 Å². The molecule has 2 aromatic rings. The minimum absolute atomic E-state index is 0.00193. The molecule has 1 fully saturated rings. The maximum atomic E-state index is 12.5. The van der Waals surface area contributed by atoms with Crippen molar-refractivity contribution in [1.82, 2.24) is 4.90 Å². The van der Waals surface area contributed by atoms with Crippen LogP contribution in [0.4, 0.5) is 5.69 Å². The first-order chi connectivity index (χ1) is 15.1. The van der Waals surface area contributed by atoms with Crippen molar-refractivity contribution in [1.29, 1.82) is 0 Å². The molecule has 0 bridgehead atoms. The molecule has 2 atom stereocenters. The summed E-state index contributed by atoms with van der Waals surface area (Å²) in [5.41, 5.74) is 2.36. The highest BCUT2D eigenvalue weighted by Gasteiger charge is 2.30. The number of anilines is 1. The number of carbonyl (C=O) groups excluding carboxylic acids is 1. The highest BCUT2D eigenvalue weighted by molar-refractivity contribution is 5.97. The lowest BCUT2D eigenvalue weighted by molar-refractivity contribution is -0.0671. The Hall–Kier alpha value is -2.61. The number of hydrogen-bond donors (Lipinski definition) is 0. The molecule has 3 rings (SSSR count). The molecule has 0 spiro atoms. The molecule has 0 aromatic heterocycles. The molecule has 2 unspecified atom stereocenters. The molecule has 0 radical (unpaired) electrons. The molecule has 1 heterocycles. The summed E-state index contributed by atoms with van der Waals surface area (Å²) in [5.74, 6) is 0.246. The van der Waals surface area contributed by atoms with Gasteiger partial charge in [-0.1, -0.05) is 36.4 Å². The first kappa shape index (κ1) is 23.1. The predicted molar refractivity (Wildman–Crippen MR) is 120 cm³/mol. The van der Waals surface area contributed by atoms with Crippen LogP contribution in [0, 0.1) is 0 Å². The van der Waals surface area contributed by atoms with Crippen molar-refractivity contribution in [2.45, 2.75) is 18.6 Å². The Morgan fingerprint density at radius 3 is 2.58 bits per heavy atom. The molecule has 1 aliphatic rings. The number of likely N-dealkylation sites (N-methyl/N-ethyl adjacent to an activating group) is 1. The Kier molecular flexibility index (Phi) is 8.28. The van der Waals surface area contributed by atoms with Crippen LogP contribution in [-0.2, 0) is 14.2 Å². The Bertz CT molecular complexity index is 845. The lowest BCUT2D eigenvalue weighted by Gasteiger charge is -2.35. The van der Waals surface area contributed by atoms with E-state index in [1.165, 1.54) is 7.11 Å². The van der Waals surface area contributed by atoms with E-state index in [0.29, 0.717) is 18.1 Å². The maximum absolute atomic E-state index is 12.5. The van der Waals surface area contributed by atoms with Crippen molar-refractivity contribution >= 4 is 11.7 Å². The first-order valence-corrected chi connectivity index (χ1v) is 10.4. The van der Waals surface area contributed by atoms with Gasteiger partial charge in [-0.15, -0.1) is 0 Å². The molecule has 7 heteroatoms. The average Bonchev–Trinajstić information content (AvgIpc) is 3.27. The van der Waals surface area contributed by atoms with Crippen LogP contribution in [0.3, 0.4) is 0 Å². The molecule has 0 saturated carbocycles. The van der Waals surface area contributed by atoms with Gasteiger partial charge < -0.3 is 23.8 Å². The number of methoxy groups -OCH3 is 3. The van der Waals surface area contributed by atoms with Gasteiger partial charge in [-0.25, -0.2) is 4.79 Å². The number of likely N-dealkylation sites (tertiary alicyclic amines) is 1. The molecule has 7 nitrogen and oxygen atoms in total. The largest absolute Gasteiger partial charge is 0.495 e. The van der Waals surface area contributed by atoms with Crippen LogP contribution in [0.1, 0.15) is 28.4 Å². The Morgan fingerprint density at radius 2 is 1.90 bits per heavy atom. The highest BCUT2D eigenvalue weighted by Crippen LogP contribution is 2.37. The summed E-state index contributed by atoms with van der Waals surface area (Å²) in [6.07, 6.45) is 1.13. The minimum atomic E-state index is -0.387. The fourth-order valence-corrected chi connectivity index (χ4v) is 4.12. The summed E-state index contributed by atoms with van der Waals surface area (Å²) in [5, 5.41) is 0. The third kappa shape index (κ3) is 5.55. The van der Waals surface area contributed by atoms with Gasteiger partial charge in [0.05, 0.1) is 37.6 Å². The van der Waals surface area contributed by atoms with Crippen molar-refractivity contribution in [3.63, 3.8) is 0 Å². The Morgan fingerprint density at radius 1 is 1.13 bits per heavy atom. The molecule has 2 aromatic carbocycles. The molecule has 0 amide bonds. The van der Waals surface area contributed by atoms with E-state index >= 15 is 0 Å². The number of para-hydroxylation sites is 1. The number of benzene rings is 2. The Balaban J connectivity index is 1.91. The van der Waals surface area contributed by atoms with Gasteiger partial charge in [-0.3, -0.25) is 4.90 Å². The molecule has 0 aliphatic carbocycles. The summed E-state index contributed by atoms with van der Waals surface area (Å²) in [6, 6.07) is 15.8. The van der Waals surface area contributed by atoms with Crippen molar-refractivity contribution in [3.8, 4) is 5.75 Å². The molecule has 0 N–H and O–H groups in total. The normalized spacial score (nSPS) is 17.4. The summed E-state index contributed by atoms with van der Waals surface area (Å²) in [7, 11) is 6.64. The smallest absolute Gasteiger partial charge is 0.340 e. The Labute approximate surface area is 184 Å². The van der Waals surface area contributed by atoms with E-state index in [0.717, 1.165) is 37.3 Å². The quantitative estimate of drug-likeness (QED) is 0.425. The fraction of sp³-hybridized carbons (Fsp3) is 0.458. The van der Waals surface area contributed by atoms with Crippen LogP contribution < -0.4 is 9.64 Å². The van der Waals surface area contributed by atoms with Crippen LogP contribution in [0.2, 0.25) is 0 Å². The van der Waals surface area contributed by atoms with Crippen molar-refractivity contribution in [2.24, 2.45) is 0 Å². The second-order valence-corrected chi connectivity index (χ2v) is 7.63. The zero-order valence-corrected chi connectivity index (χ0v) is 18.7. The van der Waals surface area contributed by atoms with Crippen molar-refractivity contribution in [3.05, 3.63) is 59.7 Å². The predicted octanol–water partition coefficient (Wildman–Crippen LogP) is 3.35. The molecule has 31 heavy (non-hydrogen) atoms. The van der Waals surface area contributed by atoms with Gasteiger partial charge >= 0.3 is 5.97 Å². The SMILES string of the molecule is COCOC1CCN(CC(c2ccccc2)N(C)c2c(OC)cccc2C(=O)OC)C1. The molecule has 1 aliphatic heterocycles. The number of esters is 1. The van der Waals surface area contributed by atoms with Crippen LogP contribution in [0.25, 0.3) is 0 Å². The third-order valence-electron chi connectivity index (χ3n) is 5.71. The second kappa shape index (κ2) is 11.1. The topological polar surface area (TPSA) is 60.5 Å². The first-order valence-electron chi connectivity index (χ1n) is 10.4. The summed E-state index contributed by atoms with van der Waals surface area (Å²) >= 11 is 0. The van der Waals surface area contributed by atoms with Gasteiger partial charge in [0.25, 0.3) is 0 Å². The zero-order chi connectivity index (χ0) is 22.2. The standard InChI is InChI=1S/C24H32N2O5/c1-25(23-20(24(27)30-4)11-8-12-22(23)29-3)21(18-9-6-5-7-10-18)16-26-14-13-19(15-26)31-17-28-2/h5-12,19,21H,13-17H2,1-4H3. The van der Waals surface area contributed by atoms with Crippen LogP contribution in [0.15, 0.2) is 48.5 Å². The number of nitrogens with zero attached hydrogens (tertiary/aromatic N) is 2. The molecule has 168 valence electrons. The van der Waals surface area contributed by atoms with E-state index in [4.69, 9.17) is 18.9 Å². The van der Waals surface area contributed by atoms with Crippen LogP contribution in [0.5, 0.6) is 5.75 Å². The lowest BCUT2D eigenvalue weighted by atomic mass is 10.0. The van der Waals surface area contributed by atoms with E-state index < -0.39 is 0 Å². The van der Waals surface area contributed by atoms with Crippen molar-refractivity contribution in [2.75, 3.05) is 59.7 Å². The van der Waals surface area contributed by atoms with E-state index in [9.17, 15) is 4.79 Å². The maximum Gasteiger partial charge on any atom is 0.340 e. The van der Waals surface area contributed by atoms with E-state index in [2.05, 4.69) is 21.9 Å². The highest BCUT2D eigenvalue weighted by atomic mass is 16.7. The zero-order valence-electron chi connectivity index (χ0n) is 18.7. The van der Waals surface area contributed by atoms with E-state index in [1.807, 2.05) is 31.3 Å². The third-order valence-corrected chi connectivity index (χ3v) is 5.71. The second-order valence-electron chi connectivity index (χ2n) is 7.63. The van der Waals surface area contributed by atoms with E-state index in [-0.39, 0.29) is 18.1 Å². The summed E-state index contributed by atoms with van der Waals surface area (Å²) in [4.78, 5) is 17.0. The molecular weight excluding hydrogens is 396 g/mol. The number of rotatable bonds is 10. The monoisotopic (exact) mass is 428 g/mol. The number of ether oxygens (including phenoxy) is 4. The van der Waals surface area contributed by atoms with Gasteiger partial charge in [0.1, 0.15) is 12.5 Å². The van der Waals surface area contributed by atoms with Crippen molar-refractivity contribution < 1.29 is 23.7 Å². The summed E-state index contributed by atoms with van der Waals surface area (Å²) in [6.45, 7) is 2.88. The molecular formula is C24H32N2O5. The van der Waals surface area contributed by atoms with Gasteiger partial charge in [0.15, 0.2) is 0 Å². The van der Waals surface area contributed by atoms with Crippen LogP contribution >= 0.6 is 0 Å². The molecule has 1 saturated heterocycles. The van der Waals surface area contributed by atoms with Gasteiger partial charge in [-0.2, -0.15) is 0 Å². The van der Waals surface area contributed by atoms with Crippen LogP contribution in [-0.4, -0.2) is 71.8 Å². The average molecular weight is 429 g/mol. The fourth-order valence-electron chi connectivity index (χ4n) is 4.12. The number of carbonyl (C=O) groups is 1. The minimum Gasteiger partial charge on any atom is -0.495 e. The van der Waals surface area contributed by atoms with Gasteiger partial charge in [0.2, 0.25) is 0 Å².